The number of aliphatic imine (C=N–C) groups is 1. The Bertz CT molecular complexity index is 556. The summed E-state index contributed by atoms with van der Waals surface area (Å²) in [5.74, 6) is 0.962. The number of hydrogen-bond acceptors (Lipinski definition) is 2. The molecule has 0 amide bonds. The van der Waals surface area contributed by atoms with Gasteiger partial charge in [-0.2, -0.15) is 12.6 Å². The highest BCUT2D eigenvalue weighted by molar-refractivity contribution is 7.81. The molecule has 0 heterocycles. The average Bonchev–Trinajstić information content (AvgIpc) is 2.46. The van der Waals surface area contributed by atoms with Gasteiger partial charge in [-0.25, -0.2) is 0 Å². The molecule has 0 fully saturated rings. The molecule has 5 heteroatoms. The molecule has 2 N–H and O–H groups in total. The van der Waals surface area contributed by atoms with Crippen LogP contribution in [0.5, 0.6) is 0 Å². The van der Waals surface area contributed by atoms with Gasteiger partial charge in [0.15, 0.2) is 0 Å². The van der Waals surface area contributed by atoms with Crippen molar-refractivity contribution in [1.82, 2.24) is 0 Å². The van der Waals surface area contributed by atoms with Crippen molar-refractivity contribution in [2.75, 3.05) is 5.75 Å². The summed E-state index contributed by atoms with van der Waals surface area (Å²) in [5, 5.41) is 0.710. The van der Waals surface area contributed by atoms with Crippen LogP contribution >= 0.6 is 36.6 Å². The first-order chi connectivity index (χ1) is 9.20. The summed E-state index contributed by atoms with van der Waals surface area (Å²) in [6.07, 6.45) is 0. The van der Waals surface area contributed by atoms with E-state index in [-0.39, 0.29) is 18.4 Å². The zero-order valence-corrected chi connectivity index (χ0v) is 13.2. The standard InChI is InChI=1S/C15H15ClN2S.ClH/c16-13-8-6-12(7-9-13)15(18-14(17)10-19)11-4-2-1-3-5-11;/h1-9,15,19H,10H2,(H2,17,18);1H. The smallest absolute Gasteiger partial charge is 0.105 e. The molecular formula is C15H16Cl2N2S. The van der Waals surface area contributed by atoms with Crippen molar-refractivity contribution in [3.05, 3.63) is 70.7 Å². The maximum Gasteiger partial charge on any atom is 0.105 e. The van der Waals surface area contributed by atoms with Crippen LogP contribution < -0.4 is 5.73 Å². The number of nitrogens with zero attached hydrogens (tertiary/aromatic N) is 1. The van der Waals surface area contributed by atoms with Gasteiger partial charge in [0, 0.05) is 10.8 Å². The Morgan fingerprint density at radius 2 is 1.60 bits per heavy atom. The predicted molar refractivity (Wildman–Crippen MR) is 92.5 cm³/mol. The number of rotatable bonds is 4. The van der Waals surface area contributed by atoms with E-state index in [9.17, 15) is 0 Å². The Morgan fingerprint density at radius 1 is 1.05 bits per heavy atom. The number of hydrogen-bond donors (Lipinski definition) is 2. The maximum absolute atomic E-state index is 5.92. The third-order valence-corrected chi connectivity index (χ3v) is 3.33. The average molecular weight is 327 g/mol. The van der Waals surface area contributed by atoms with Crippen LogP contribution in [0.1, 0.15) is 17.2 Å². The third kappa shape index (κ3) is 4.44. The lowest BCUT2D eigenvalue weighted by atomic mass is 9.99. The molecule has 0 spiro atoms. The zero-order valence-electron chi connectivity index (χ0n) is 10.7. The van der Waals surface area contributed by atoms with Crippen LogP contribution in [0.2, 0.25) is 5.02 Å². The van der Waals surface area contributed by atoms with Gasteiger partial charge in [-0.05, 0) is 23.3 Å². The summed E-state index contributed by atoms with van der Waals surface area (Å²) in [4.78, 5) is 4.54. The first-order valence-corrected chi connectivity index (χ1v) is 6.95. The van der Waals surface area contributed by atoms with E-state index >= 15 is 0 Å². The number of thiol groups is 1. The van der Waals surface area contributed by atoms with Gasteiger partial charge in [0.1, 0.15) is 11.9 Å². The quantitative estimate of drug-likeness (QED) is 0.494. The maximum atomic E-state index is 5.92. The van der Waals surface area contributed by atoms with Crippen molar-refractivity contribution in [2.24, 2.45) is 10.7 Å². The molecular weight excluding hydrogens is 311 g/mol. The van der Waals surface area contributed by atoms with E-state index < -0.39 is 0 Å². The van der Waals surface area contributed by atoms with Crippen molar-refractivity contribution < 1.29 is 0 Å². The Hall–Kier alpha value is -1.16. The molecule has 0 saturated heterocycles. The molecule has 1 unspecified atom stereocenters. The molecule has 0 saturated carbocycles. The van der Waals surface area contributed by atoms with E-state index in [2.05, 4.69) is 17.6 Å². The van der Waals surface area contributed by atoms with E-state index in [1.807, 2.05) is 54.6 Å². The fraction of sp³-hybridized carbons (Fsp3) is 0.133. The number of amidine groups is 1. The fourth-order valence-corrected chi connectivity index (χ4v) is 2.04. The van der Waals surface area contributed by atoms with Crippen LogP contribution in [0.15, 0.2) is 59.6 Å². The normalized spacial score (nSPS) is 12.6. The molecule has 106 valence electrons. The van der Waals surface area contributed by atoms with Crippen molar-refractivity contribution in [2.45, 2.75) is 6.04 Å². The first-order valence-electron chi connectivity index (χ1n) is 5.94. The van der Waals surface area contributed by atoms with Crippen molar-refractivity contribution in [3.8, 4) is 0 Å². The monoisotopic (exact) mass is 326 g/mol. The highest BCUT2D eigenvalue weighted by atomic mass is 35.5. The molecule has 2 aromatic carbocycles. The number of benzene rings is 2. The lowest BCUT2D eigenvalue weighted by Crippen LogP contribution is -2.15. The molecule has 0 aliphatic carbocycles. The second-order valence-corrected chi connectivity index (χ2v) is 4.90. The highest BCUT2D eigenvalue weighted by Gasteiger charge is 2.12. The lowest BCUT2D eigenvalue weighted by molar-refractivity contribution is 0.869. The van der Waals surface area contributed by atoms with E-state index in [1.54, 1.807) is 0 Å². The van der Waals surface area contributed by atoms with Gasteiger partial charge in [0.25, 0.3) is 0 Å². The summed E-state index contributed by atoms with van der Waals surface area (Å²) >= 11 is 10.1. The van der Waals surface area contributed by atoms with E-state index in [4.69, 9.17) is 17.3 Å². The van der Waals surface area contributed by atoms with Crippen LogP contribution in [0.4, 0.5) is 0 Å². The van der Waals surface area contributed by atoms with Gasteiger partial charge in [-0.1, -0.05) is 54.1 Å². The topological polar surface area (TPSA) is 38.4 Å². The van der Waals surface area contributed by atoms with Crippen LogP contribution in [-0.4, -0.2) is 11.6 Å². The summed E-state index contributed by atoms with van der Waals surface area (Å²) in [5.41, 5.74) is 7.97. The van der Waals surface area contributed by atoms with Crippen LogP contribution in [0, 0.1) is 0 Å². The lowest BCUT2D eigenvalue weighted by Gasteiger charge is -2.14. The Morgan fingerprint density at radius 3 is 2.15 bits per heavy atom. The zero-order chi connectivity index (χ0) is 13.7. The largest absolute Gasteiger partial charge is 0.387 e. The van der Waals surface area contributed by atoms with E-state index in [1.165, 1.54) is 0 Å². The van der Waals surface area contributed by atoms with Crippen LogP contribution in [0.3, 0.4) is 0 Å². The minimum absolute atomic E-state index is 0. The summed E-state index contributed by atoms with van der Waals surface area (Å²) in [6, 6.07) is 17.6. The molecule has 2 nitrogen and oxygen atoms in total. The minimum atomic E-state index is -0.120. The molecule has 2 rings (SSSR count). The van der Waals surface area contributed by atoms with Crippen molar-refractivity contribution >= 4 is 42.5 Å². The van der Waals surface area contributed by atoms with Crippen LogP contribution in [-0.2, 0) is 0 Å². The number of nitrogens with two attached hydrogens (primary N) is 1. The van der Waals surface area contributed by atoms with Crippen LogP contribution in [0.25, 0.3) is 0 Å². The third-order valence-electron chi connectivity index (χ3n) is 2.76. The second-order valence-electron chi connectivity index (χ2n) is 4.14. The van der Waals surface area contributed by atoms with Gasteiger partial charge in [-0.15, -0.1) is 12.4 Å². The summed E-state index contributed by atoms with van der Waals surface area (Å²) in [7, 11) is 0. The van der Waals surface area contributed by atoms with E-state index in [0.29, 0.717) is 16.6 Å². The van der Waals surface area contributed by atoms with Gasteiger partial charge in [0.2, 0.25) is 0 Å². The first kappa shape index (κ1) is 16.9. The highest BCUT2D eigenvalue weighted by Crippen LogP contribution is 2.27. The molecule has 0 bridgehead atoms. The molecule has 0 aromatic heterocycles. The van der Waals surface area contributed by atoms with Gasteiger partial charge < -0.3 is 5.73 Å². The van der Waals surface area contributed by atoms with Crippen molar-refractivity contribution in [3.63, 3.8) is 0 Å². The Labute approximate surface area is 135 Å². The number of halogens is 2. The van der Waals surface area contributed by atoms with Gasteiger partial charge in [0.05, 0.1) is 0 Å². The molecule has 20 heavy (non-hydrogen) atoms. The van der Waals surface area contributed by atoms with E-state index in [0.717, 1.165) is 11.1 Å². The van der Waals surface area contributed by atoms with Gasteiger partial charge in [-0.3, -0.25) is 4.99 Å². The Kier molecular flexibility index (Phi) is 6.93. The fourth-order valence-electron chi connectivity index (χ4n) is 1.83. The molecule has 0 aliphatic rings. The Balaban J connectivity index is 0.00000200. The molecule has 0 aliphatic heterocycles. The predicted octanol–water partition coefficient (Wildman–Crippen LogP) is 4.14. The van der Waals surface area contributed by atoms with Crippen molar-refractivity contribution in [1.29, 1.82) is 0 Å². The summed E-state index contributed by atoms with van der Waals surface area (Å²) in [6.45, 7) is 0. The second kappa shape index (κ2) is 8.20. The SMILES string of the molecule is Cl.NC(CS)=NC(c1ccccc1)c1ccc(Cl)cc1. The molecule has 2 aromatic rings. The molecule has 1 atom stereocenters. The summed E-state index contributed by atoms with van der Waals surface area (Å²) < 4.78 is 0. The molecule has 0 radical (unpaired) electrons. The minimum Gasteiger partial charge on any atom is -0.387 e. The van der Waals surface area contributed by atoms with Gasteiger partial charge >= 0.3 is 0 Å².